The van der Waals surface area contributed by atoms with E-state index in [-0.39, 0.29) is 5.78 Å². The van der Waals surface area contributed by atoms with E-state index in [0.717, 1.165) is 25.9 Å². The minimum atomic E-state index is -0.403. The van der Waals surface area contributed by atoms with Gasteiger partial charge in [0.05, 0.1) is 31.5 Å². The van der Waals surface area contributed by atoms with E-state index < -0.39 is 6.04 Å². The number of ether oxygens (including phenoxy) is 2. The quantitative estimate of drug-likeness (QED) is 0.590. The molecule has 0 saturated carbocycles. The molecule has 0 radical (unpaired) electrons. The predicted molar refractivity (Wildman–Crippen MR) is 96.5 cm³/mol. The molecule has 1 saturated heterocycles. The van der Waals surface area contributed by atoms with Crippen LogP contribution in [0.25, 0.3) is 0 Å². The fraction of sp³-hybridized carbons (Fsp3) is 0.474. The van der Waals surface area contributed by atoms with Crippen LogP contribution in [0, 0.1) is 0 Å². The number of likely N-dealkylation sites (tertiary alicyclic amines) is 1. The van der Waals surface area contributed by atoms with Crippen LogP contribution in [0.3, 0.4) is 0 Å². The van der Waals surface area contributed by atoms with Gasteiger partial charge in [-0.2, -0.15) is 5.06 Å². The number of piperidine rings is 1. The molecule has 0 amide bonds. The van der Waals surface area contributed by atoms with Crippen LogP contribution in [0.15, 0.2) is 23.9 Å². The van der Waals surface area contributed by atoms with Crippen LogP contribution in [-0.2, 0) is 9.63 Å². The first-order chi connectivity index (χ1) is 12.6. The summed E-state index contributed by atoms with van der Waals surface area (Å²) in [7, 11) is 3.04. The van der Waals surface area contributed by atoms with E-state index in [4.69, 9.17) is 14.3 Å². The lowest BCUT2D eigenvalue weighted by atomic mass is 9.91. The summed E-state index contributed by atoms with van der Waals surface area (Å²) >= 11 is 0. The molecular weight excluding hydrogens is 336 g/mol. The SMILES string of the molecule is COc1cc2c(cc1OC)N(OC=O)C(C)C(=CN1CCCCC1)C2=O. The van der Waals surface area contributed by atoms with Crippen molar-refractivity contribution in [2.45, 2.75) is 32.2 Å². The van der Waals surface area contributed by atoms with E-state index in [9.17, 15) is 9.59 Å². The maximum Gasteiger partial charge on any atom is 0.320 e. The summed E-state index contributed by atoms with van der Waals surface area (Å²) in [6.07, 6.45) is 5.35. The van der Waals surface area contributed by atoms with Crippen LogP contribution in [0.5, 0.6) is 11.5 Å². The van der Waals surface area contributed by atoms with Crippen LogP contribution in [-0.4, -0.2) is 50.5 Å². The Morgan fingerprint density at radius 2 is 1.73 bits per heavy atom. The Hall–Kier alpha value is -2.70. The number of carbonyl (C=O) groups is 2. The number of hydrogen-bond donors (Lipinski definition) is 0. The van der Waals surface area contributed by atoms with Crippen molar-refractivity contribution in [2.75, 3.05) is 32.4 Å². The van der Waals surface area contributed by atoms with Gasteiger partial charge in [-0.3, -0.25) is 9.59 Å². The van der Waals surface area contributed by atoms with Crippen molar-refractivity contribution in [3.8, 4) is 11.5 Å². The minimum Gasteiger partial charge on any atom is -0.493 e. The van der Waals surface area contributed by atoms with Gasteiger partial charge in [0.1, 0.15) is 0 Å². The van der Waals surface area contributed by atoms with Crippen molar-refractivity contribution in [1.82, 2.24) is 4.90 Å². The summed E-state index contributed by atoms with van der Waals surface area (Å²) in [4.78, 5) is 31.6. The topological polar surface area (TPSA) is 68.3 Å². The van der Waals surface area contributed by atoms with E-state index >= 15 is 0 Å². The second-order valence-electron chi connectivity index (χ2n) is 6.44. The molecule has 1 atom stereocenters. The fourth-order valence-corrected chi connectivity index (χ4v) is 3.52. The number of fused-ring (bicyclic) bond motifs is 1. The average Bonchev–Trinajstić information content (AvgIpc) is 2.68. The number of nitrogens with zero attached hydrogens (tertiary/aromatic N) is 2. The van der Waals surface area contributed by atoms with Gasteiger partial charge in [-0.1, -0.05) is 0 Å². The molecule has 2 aliphatic heterocycles. The number of carbonyl (C=O) groups excluding carboxylic acids is 2. The predicted octanol–water partition coefficient (Wildman–Crippen LogP) is 2.55. The van der Waals surface area contributed by atoms with E-state index in [2.05, 4.69) is 4.90 Å². The Morgan fingerprint density at radius 1 is 1.08 bits per heavy atom. The third-order valence-electron chi connectivity index (χ3n) is 4.92. The minimum absolute atomic E-state index is 0.0928. The van der Waals surface area contributed by atoms with Crippen LogP contribution < -0.4 is 14.5 Å². The van der Waals surface area contributed by atoms with Crippen molar-refractivity contribution in [1.29, 1.82) is 0 Å². The average molecular weight is 360 g/mol. The van der Waals surface area contributed by atoms with Crippen LogP contribution in [0.2, 0.25) is 0 Å². The van der Waals surface area contributed by atoms with Crippen LogP contribution in [0.1, 0.15) is 36.5 Å². The van der Waals surface area contributed by atoms with Crippen molar-refractivity contribution in [2.24, 2.45) is 0 Å². The highest BCUT2D eigenvalue weighted by atomic mass is 16.7. The third kappa shape index (κ3) is 3.21. The van der Waals surface area contributed by atoms with Gasteiger partial charge < -0.3 is 19.2 Å². The highest BCUT2D eigenvalue weighted by Crippen LogP contribution is 2.41. The van der Waals surface area contributed by atoms with Gasteiger partial charge in [-0.25, -0.2) is 0 Å². The molecule has 1 aromatic rings. The standard InChI is InChI=1S/C19H24N2O5/c1-13-15(11-20-7-5-4-6-8-20)19(23)14-9-17(24-2)18(25-3)10-16(14)21(13)26-12-22/h9-13H,4-8H2,1-3H3. The molecule has 0 aromatic heterocycles. The van der Waals surface area contributed by atoms with Crippen molar-refractivity contribution >= 4 is 17.9 Å². The van der Waals surface area contributed by atoms with E-state index in [1.54, 1.807) is 12.1 Å². The number of methoxy groups -OCH3 is 2. The molecule has 1 aromatic carbocycles. The highest BCUT2D eigenvalue weighted by Gasteiger charge is 2.36. The van der Waals surface area contributed by atoms with Crippen LogP contribution >= 0.6 is 0 Å². The molecular formula is C19H24N2O5. The molecule has 2 aliphatic rings. The zero-order valence-corrected chi connectivity index (χ0v) is 15.4. The molecule has 0 N–H and O–H groups in total. The summed E-state index contributed by atoms with van der Waals surface area (Å²) in [5.41, 5.74) is 1.50. The summed E-state index contributed by atoms with van der Waals surface area (Å²) in [5.74, 6) is 0.830. The van der Waals surface area contributed by atoms with Gasteiger partial charge in [0.25, 0.3) is 0 Å². The molecule has 0 bridgehead atoms. The summed E-state index contributed by atoms with van der Waals surface area (Å²) in [5, 5.41) is 1.45. The van der Waals surface area contributed by atoms with Crippen molar-refractivity contribution in [3.63, 3.8) is 0 Å². The number of benzene rings is 1. The molecule has 3 rings (SSSR count). The molecule has 2 heterocycles. The molecule has 140 valence electrons. The van der Waals surface area contributed by atoms with Gasteiger partial charge in [0.15, 0.2) is 17.3 Å². The maximum absolute atomic E-state index is 13.2. The van der Waals surface area contributed by atoms with Gasteiger partial charge in [0.2, 0.25) is 0 Å². The van der Waals surface area contributed by atoms with E-state index in [0.29, 0.717) is 34.8 Å². The summed E-state index contributed by atoms with van der Waals surface area (Å²) < 4.78 is 10.6. The molecule has 7 heteroatoms. The molecule has 0 spiro atoms. The fourth-order valence-electron chi connectivity index (χ4n) is 3.52. The first kappa shape index (κ1) is 18.1. The lowest BCUT2D eigenvalue weighted by Crippen LogP contribution is -2.42. The Kier molecular flexibility index (Phi) is 5.35. The lowest BCUT2D eigenvalue weighted by Gasteiger charge is -2.36. The Balaban J connectivity index is 2.08. The largest absolute Gasteiger partial charge is 0.493 e. The van der Waals surface area contributed by atoms with Crippen molar-refractivity contribution < 1.29 is 23.9 Å². The molecule has 1 fully saturated rings. The molecule has 26 heavy (non-hydrogen) atoms. The van der Waals surface area contributed by atoms with E-state index in [1.807, 2.05) is 13.1 Å². The number of hydrogen-bond acceptors (Lipinski definition) is 7. The zero-order valence-electron chi connectivity index (χ0n) is 15.4. The normalized spacial score (nSPS) is 21.4. The highest BCUT2D eigenvalue weighted by molar-refractivity contribution is 6.15. The lowest BCUT2D eigenvalue weighted by molar-refractivity contribution is -0.130. The first-order valence-electron chi connectivity index (χ1n) is 8.76. The smallest absolute Gasteiger partial charge is 0.320 e. The van der Waals surface area contributed by atoms with Gasteiger partial charge in [-0.05, 0) is 32.3 Å². The number of rotatable bonds is 5. The second kappa shape index (κ2) is 7.68. The summed E-state index contributed by atoms with van der Waals surface area (Å²) in [6, 6.07) is 2.89. The van der Waals surface area contributed by atoms with Crippen LogP contribution in [0.4, 0.5) is 5.69 Å². The number of ketones is 1. The Labute approximate surface area is 153 Å². The molecule has 1 unspecified atom stereocenters. The monoisotopic (exact) mass is 360 g/mol. The van der Waals surface area contributed by atoms with Gasteiger partial charge >= 0.3 is 6.47 Å². The summed E-state index contributed by atoms with van der Waals surface area (Å²) in [6.45, 7) is 4.07. The number of anilines is 1. The Morgan fingerprint density at radius 3 is 2.35 bits per heavy atom. The molecule has 7 nitrogen and oxygen atoms in total. The second-order valence-corrected chi connectivity index (χ2v) is 6.44. The van der Waals surface area contributed by atoms with Gasteiger partial charge in [-0.15, -0.1) is 0 Å². The third-order valence-corrected chi connectivity index (χ3v) is 4.92. The van der Waals surface area contributed by atoms with E-state index in [1.165, 1.54) is 25.7 Å². The maximum atomic E-state index is 13.2. The number of Topliss-reactive ketones (excluding diaryl/α,β-unsaturated/α-hetero) is 1. The van der Waals surface area contributed by atoms with Gasteiger partial charge in [0, 0.05) is 30.9 Å². The molecule has 0 aliphatic carbocycles. The van der Waals surface area contributed by atoms with Crippen molar-refractivity contribution in [3.05, 3.63) is 29.5 Å². The Bertz CT molecular complexity index is 725. The number of hydroxylamine groups is 1. The first-order valence-corrected chi connectivity index (χ1v) is 8.76. The zero-order chi connectivity index (χ0) is 18.7.